The number of carbonyl (C=O) groups is 1. The highest BCUT2D eigenvalue weighted by Gasteiger charge is 2.10. The van der Waals surface area contributed by atoms with E-state index in [4.69, 9.17) is 0 Å². The Morgan fingerprint density at radius 3 is 2.35 bits per heavy atom. The third kappa shape index (κ3) is 4.47. The average molecular weight is 320 g/mol. The molecule has 0 heterocycles. The van der Waals surface area contributed by atoms with Crippen LogP contribution in [0.4, 0.5) is 4.79 Å². The molecule has 0 aromatic heterocycles. The van der Waals surface area contributed by atoms with Crippen LogP contribution in [-0.4, -0.2) is 25.5 Å². The zero-order valence-corrected chi connectivity index (χ0v) is 11.8. The molecule has 1 aromatic carbocycles. The van der Waals surface area contributed by atoms with E-state index < -0.39 is 9.84 Å². The molecule has 0 aliphatic heterocycles. The van der Waals surface area contributed by atoms with Crippen molar-refractivity contribution in [2.75, 3.05) is 12.3 Å². The molecular formula is C11H14BrNO3S. The maximum Gasteiger partial charge on any atom is 0.287 e. The van der Waals surface area contributed by atoms with Crippen LogP contribution in [0.25, 0.3) is 0 Å². The minimum Gasteiger partial charge on any atom is -0.346 e. The van der Waals surface area contributed by atoms with E-state index in [0.29, 0.717) is 17.9 Å². The maximum atomic E-state index is 11.6. The van der Waals surface area contributed by atoms with Crippen LogP contribution in [0, 0.1) is 0 Å². The van der Waals surface area contributed by atoms with Gasteiger partial charge in [0.1, 0.15) is 0 Å². The highest BCUT2D eigenvalue weighted by molar-refractivity contribution is 9.18. The third-order valence-electron chi connectivity index (χ3n) is 2.34. The number of amides is 1. The Hall–Kier alpha value is -0.880. The largest absolute Gasteiger partial charge is 0.346 e. The summed E-state index contributed by atoms with van der Waals surface area (Å²) >= 11 is 2.77. The van der Waals surface area contributed by atoms with E-state index in [1.54, 1.807) is 31.2 Å². The van der Waals surface area contributed by atoms with E-state index in [9.17, 15) is 13.2 Å². The van der Waals surface area contributed by atoms with Gasteiger partial charge in [0, 0.05) is 22.5 Å². The van der Waals surface area contributed by atoms with Gasteiger partial charge in [0.25, 0.3) is 4.82 Å². The van der Waals surface area contributed by atoms with Crippen molar-refractivity contribution in [1.29, 1.82) is 0 Å². The quantitative estimate of drug-likeness (QED) is 0.668. The summed E-state index contributed by atoms with van der Waals surface area (Å²) in [6.45, 7) is 2.14. The number of rotatable bonds is 5. The fraction of sp³-hybridized carbons (Fsp3) is 0.364. The summed E-state index contributed by atoms with van der Waals surface area (Å²) in [5.74, 6) is 0.103. The van der Waals surface area contributed by atoms with Crippen LogP contribution >= 0.6 is 15.9 Å². The van der Waals surface area contributed by atoms with Crippen LogP contribution in [0.1, 0.15) is 12.5 Å². The summed E-state index contributed by atoms with van der Waals surface area (Å²) in [7, 11) is -3.13. The Balaban J connectivity index is 2.66. The summed E-state index contributed by atoms with van der Waals surface area (Å²) in [6.07, 6.45) is 0.670. The lowest BCUT2D eigenvalue weighted by Crippen LogP contribution is -2.19. The molecule has 0 radical (unpaired) electrons. The molecule has 1 amide bonds. The second-order valence-electron chi connectivity index (χ2n) is 3.50. The second-order valence-corrected chi connectivity index (χ2v) is 6.50. The molecule has 0 unspecified atom stereocenters. The van der Waals surface area contributed by atoms with Crippen LogP contribution in [0.5, 0.6) is 0 Å². The lowest BCUT2D eigenvalue weighted by Gasteiger charge is -2.04. The molecule has 0 atom stereocenters. The molecule has 4 nitrogen and oxygen atoms in total. The molecule has 0 saturated heterocycles. The number of carbonyl (C=O) groups excluding carboxylic acids is 1. The normalized spacial score (nSPS) is 11.2. The lowest BCUT2D eigenvalue weighted by atomic mass is 10.1. The van der Waals surface area contributed by atoms with Gasteiger partial charge in [0.15, 0.2) is 9.84 Å². The van der Waals surface area contributed by atoms with Gasteiger partial charge in [-0.15, -0.1) is 0 Å². The smallest absolute Gasteiger partial charge is 0.287 e. The molecule has 0 spiro atoms. The van der Waals surface area contributed by atoms with Crippen LogP contribution in [-0.2, 0) is 16.3 Å². The number of sulfone groups is 1. The van der Waals surface area contributed by atoms with Gasteiger partial charge in [-0.05, 0) is 24.1 Å². The zero-order valence-electron chi connectivity index (χ0n) is 9.44. The minimum atomic E-state index is -3.13. The fourth-order valence-corrected chi connectivity index (χ4v) is 2.42. The molecule has 1 rings (SSSR count). The predicted molar refractivity (Wildman–Crippen MR) is 70.2 cm³/mol. The number of hydrogen-bond acceptors (Lipinski definition) is 3. The van der Waals surface area contributed by atoms with E-state index in [1.165, 1.54) is 0 Å². The topological polar surface area (TPSA) is 63.2 Å². The van der Waals surface area contributed by atoms with E-state index in [2.05, 4.69) is 21.2 Å². The average Bonchev–Trinajstić information content (AvgIpc) is 2.29. The summed E-state index contributed by atoms with van der Waals surface area (Å²) in [6, 6.07) is 6.74. The van der Waals surface area contributed by atoms with Crippen molar-refractivity contribution in [3.63, 3.8) is 0 Å². The first-order valence-corrected chi connectivity index (χ1v) is 7.65. The summed E-state index contributed by atoms with van der Waals surface area (Å²) in [5, 5.41) is 2.61. The zero-order chi connectivity index (χ0) is 12.9. The van der Waals surface area contributed by atoms with Crippen molar-refractivity contribution >= 4 is 30.6 Å². The SMILES string of the molecule is CCS(=O)(=O)c1ccc(CCNC(=O)Br)cc1. The molecule has 0 bridgehead atoms. The van der Waals surface area contributed by atoms with Gasteiger partial charge in [-0.2, -0.15) is 0 Å². The Kier molecular flexibility index (Phi) is 5.14. The summed E-state index contributed by atoms with van der Waals surface area (Å²) in [4.78, 5) is 10.7. The fourth-order valence-electron chi connectivity index (χ4n) is 1.34. The maximum absolute atomic E-state index is 11.6. The number of nitrogens with one attached hydrogen (secondary N) is 1. The standard InChI is InChI=1S/C11H14BrNO3S/c1-2-17(15,16)10-5-3-9(4-6-10)7-8-13-11(12)14/h3-6H,2,7-8H2,1H3,(H,13,14). The van der Waals surface area contributed by atoms with E-state index in [0.717, 1.165) is 5.56 Å². The van der Waals surface area contributed by atoms with Gasteiger partial charge in [-0.3, -0.25) is 4.79 Å². The van der Waals surface area contributed by atoms with Crippen molar-refractivity contribution in [2.24, 2.45) is 0 Å². The van der Waals surface area contributed by atoms with Gasteiger partial charge in [0.05, 0.1) is 10.6 Å². The number of hydrogen-bond donors (Lipinski definition) is 1. The molecule has 6 heteroatoms. The Morgan fingerprint density at radius 1 is 1.29 bits per heavy atom. The van der Waals surface area contributed by atoms with Crippen molar-refractivity contribution in [2.45, 2.75) is 18.2 Å². The minimum absolute atomic E-state index is 0.103. The highest BCUT2D eigenvalue weighted by Crippen LogP contribution is 2.12. The Labute approximate surface area is 109 Å². The van der Waals surface area contributed by atoms with Crippen LogP contribution in [0.15, 0.2) is 29.2 Å². The van der Waals surface area contributed by atoms with Gasteiger partial charge >= 0.3 is 0 Å². The third-order valence-corrected chi connectivity index (χ3v) is 4.37. The number of halogens is 1. The van der Waals surface area contributed by atoms with Crippen LogP contribution in [0.2, 0.25) is 0 Å². The van der Waals surface area contributed by atoms with Crippen molar-refractivity contribution in [3.05, 3.63) is 29.8 Å². The van der Waals surface area contributed by atoms with Gasteiger partial charge in [-0.1, -0.05) is 19.1 Å². The molecule has 94 valence electrons. The highest BCUT2D eigenvalue weighted by atomic mass is 79.9. The van der Waals surface area contributed by atoms with Crippen molar-refractivity contribution < 1.29 is 13.2 Å². The van der Waals surface area contributed by atoms with E-state index in [-0.39, 0.29) is 10.6 Å². The second kappa shape index (κ2) is 6.16. The first-order chi connectivity index (χ1) is 7.95. The Morgan fingerprint density at radius 2 is 1.88 bits per heavy atom. The Bertz CT molecular complexity index is 482. The van der Waals surface area contributed by atoms with Crippen LogP contribution < -0.4 is 5.32 Å². The van der Waals surface area contributed by atoms with Gasteiger partial charge < -0.3 is 5.32 Å². The lowest BCUT2D eigenvalue weighted by molar-refractivity contribution is 0.262. The number of benzene rings is 1. The van der Waals surface area contributed by atoms with Gasteiger partial charge in [0.2, 0.25) is 0 Å². The molecule has 0 fully saturated rings. The van der Waals surface area contributed by atoms with Crippen molar-refractivity contribution in [1.82, 2.24) is 5.32 Å². The molecular weight excluding hydrogens is 306 g/mol. The first-order valence-electron chi connectivity index (χ1n) is 5.20. The predicted octanol–water partition coefficient (Wildman–Crippen LogP) is 2.13. The van der Waals surface area contributed by atoms with E-state index in [1.807, 2.05) is 0 Å². The molecule has 1 N–H and O–H groups in total. The summed E-state index contributed by atoms with van der Waals surface area (Å²) in [5.41, 5.74) is 0.987. The molecule has 17 heavy (non-hydrogen) atoms. The first kappa shape index (κ1) is 14.2. The summed E-state index contributed by atoms with van der Waals surface area (Å²) < 4.78 is 23.1. The molecule has 0 aliphatic rings. The van der Waals surface area contributed by atoms with Crippen LogP contribution in [0.3, 0.4) is 0 Å². The van der Waals surface area contributed by atoms with E-state index >= 15 is 0 Å². The molecule has 0 aliphatic carbocycles. The monoisotopic (exact) mass is 319 g/mol. The van der Waals surface area contributed by atoms with Crippen molar-refractivity contribution in [3.8, 4) is 0 Å². The van der Waals surface area contributed by atoms with Gasteiger partial charge in [-0.25, -0.2) is 8.42 Å². The molecule has 1 aromatic rings. The molecule has 0 saturated carbocycles.